The van der Waals surface area contributed by atoms with Gasteiger partial charge in [0.1, 0.15) is 5.76 Å². The zero-order chi connectivity index (χ0) is 17.5. The van der Waals surface area contributed by atoms with E-state index in [1.165, 1.54) is 5.56 Å². The molecule has 0 aliphatic rings. The predicted molar refractivity (Wildman–Crippen MR) is 99.1 cm³/mol. The minimum atomic E-state index is 0.0927. The maximum atomic E-state index is 12.1. The SMILES string of the molecule is CC(=O)N(CCC(c1ccccc1)c1ccco1)Cc1ccccc1. The van der Waals surface area contributed by atoms with Crippen LogP contribution in [0.4, 0.5) is 0 Å². The molecule has 128 valence electrons. The molecule has 0 aliphatic carbocycles. The van der Waals surface area contributed by atoms with Crippen LogP contribution in [-0.2, 0) is 11.3 Å². The molecular weight excluding hydrogens is 310 g/mol. The predicted octanol–water partition coefficient (Wildman–Crippen LogP) is 4.85. The first-order valence-corrected chi connectivity index (χ1v) is 8.62. The van der Waals surface area contributed by atoms with E-state index in [9.17, 15) is 4.79 Å². The highest BCUT2D eigenvalue weighted by molar-refractivity contribution is 5.73. The molecule has 1 amide bonds. The van der Waals surface area contributed by atoms with Crippen LogP contribution in [0.25, 0.3) is 0 Å². The fourth-order valence-corrected chi connectivity index (χ4v) is 3.08. The third-order valence-corrected chi connectivity index (χ3v) is 4.44. The molecule has 1 unspecified atom stereocenters. The van der Waals surface area contributed by atoms with E-state index < -0.39 is 0 Å². The number of hydrogen-bond donors (Lipinski definition) is 0. The minimum absolute atomic E-state index is 0.0927. The summed E-state index contributed by atoms with van der Waals surface area (Å²) in [4.78, 5) is 14.0. The first-order valence-electron chi connectivity index (χ1n) is 8.62. The van der Waals surface area contributed by atoms with Crippen LogP contribution >= 0.6 is 0 Å². The molecule has 1 aromatic heterocycles. The van der Waals surface area contributed by atoms with Crippen LogP contribution in [0.1, 0.15) is 36.1 Å². The van der Waals surface area contributed by atoms with E-state index in [4.69, 9.17) is 4.42 Å². The lowest BCUT2D eigenvalue weighted by Gasteiger charge is -2.24. The number of carbonyl (C=O) groups excluding carboxylic acids is 1. The van der Waals surface area contributed by atoms with Gasteiger partial charge in [0, 0.05) is 25.9 Å². The molecule has 0 fully saturated rings. The number of carbonyl (C=O) groups is 1. The second kappa shape index (κ2) is 8.34. The van der Waals surface area contributed by atoms with Gasteiger partial charge in [0.15, 0.2) is 0 Å². The molecule has 3 rings (SSSR count). The third-order valence-electron chi connectivity index (χ3n) is 4.44. The average molecular weight is 333 g/mol. The Morgan fingerprint density at radius 3 is 2.24 bits per heavy atom. The van der Waals surface area contributed by atoms with Gasteiger partial charge in [-0.05, 0) is 29.7 Å². The first-order chi connectivity index (χ1) is 12.2. The van der Waals surface area contributed by atoms with E-state index in [0.29, 0.717) is 13.1 Å². The molecule has 2 aromatic carbocycles. The molecule has 0 saturated carbocycles. The summed E-state index contributed by atoms with van der Waals surface area (Å²) >= 11 is 0. The van der Waals surface area contributed by atoms with Gasteiger partial charge in [-0.3, -0.25) is 4.79 Å². The molecule has 3 heteroatoms. The summed E-state index contributed by atoms with van der Waals surface area (Å²) in [5.41, 5.74) is 2.35. The van der Waals surface area contributed by atoms with Crippen LogP contribution in [-0.4, -0.2) is 17.4 Å². The summed E-state index contributed by atoms with van der Waals surface area (Å²) in [5.74, 6) is 1.18. The summed E-state index contributed by atoms with van der Waals surface area (Å²) in [6.07, 6.45) is 2.53. The summed E-state index contributed by atoms with van der Waals surface area (Å²) in [5, 5.41) is 0. The number of rotatable bonds is 7. The largest absolute Gasteiger partial charge is 0.469 e. The van der Waals surface area contributed by atoms with Crippen molar-refractivity contribution in [3.63, 3.8) is 0 Å². The minimum Gasteiger partial charge on any atom is -0.469 e. The van der Waals surface area contributed by atoms with Crippen molar-refractivity contribution in [3.05, 3.63) is 95.9 Å². The Hall–Kier alpha value is -2.81. The summed E-state index contributed by atoms with van der Waals surface area (Å²) in [6, 6.07) is 24.3. The Labute approximate surface area is 148 Å². The van der Waals surface area contributed by atoms with Crippen molar-refractivity contribution < 1.29 is 9.21 Å². The average Bonchev–Trinajstić information content (AvgIpc) is 3.17. The van der Waals surface area contributed by atoms with Crippen LogP contribution in [0.5, 0.6) is 0 Å². The molecule has 0 aliphatic heterocycles. The van der Waals surface area contributed by atoms with Gasteiger partial charge in [0.05, 0.1) is 6.26 Å². The molecule has 3 aromatic rings. The molecule has 1 atom stereocenters. The van der Waals surface area contributed by atoms with Gasteiger partial charge in [-0.1, -0.05) is 60.7 Å². The smallest absolute Gasteiger partial charge is 0.219 e. The van der Waals surface area contributed by atoms with E-state index >= 15 is 0 Å². The Bertz CT molecular complexity index is 766. The topological polar surface area (TPSA) is 33.5 Å². The second-order valence-corrected chi connectivity index (χ2v) is 6.19. The Kier molecular flexibility index (Phi) is 5.68. The van der Waals surface area contributed by atoms with Crippen LogP contribution in [0.2, 0.25) is 0 Å². The number of furan rings is 1. The highest BCUT2D eigenvalue weighted by Gasteiger charge is 2.19. The first kappa shape index (κ1) is 17.0. The fraction of sp³-hybridized carbons (Fsp3) is 0.227. The number of benzene rings is 2. The lowest BCUT2D eigenvalue weighted by atomic mass is 9.93. The molecule has 25 heavy (non-hydrogen) atoms. The molecular formula is C22H23NO2. The van der Waals surface area contributed by atoms with E-state index in [2.05, 4.69) is 24.3 Å². The summed E-state index contributed by atoms with van der Waals surface area (Å²) < 4.78 is 5.66. The zero-order valence-corrected chi connectivity index (χ0v) is 14.5. The van der Waals surface area contributed by atoms with Gasteiger partial charge < -0.3 is 9.32 Å². The number of amides is 1. The number of hydrogen-bond acceptors (Lipinski definition) is 2. The monoisotopic (exact) mass is 333 g/mol. The lowest BCUT2D eigenvalue weighted by Crippen LogP contribution is -2.30. The van der Waals surface area contributed by atoms with E-state index in [0.717, 1.165) is 17.7 Å². The van der Waals surface area contributed by atoms with Crippen LogP contribution < -0.4 is 0 Å². The molecule has 0 bridgehead atoms. The quantitative estimate of drug-likeness (QED) is 0.619. The maximum absolute atomic E-state index is 12.1. The zero-order valence-electron chi connectivity index (χ0n) is 14.5. The van der Waals surface area contributed by atoms with Crippen LogP contribution in [0.3, 0.4) is 0 Å². The Morgan fingerprint density at radius 1 is 0.960 bits per heavy atom. The van der Waals surface area contributed by atoms with Crippen molar-refractivity contribution in [2.45, 2.75) is 25.8 Å². The van der Waals surface area contributed by atoms with Gasteiger partial charge in [-0.25, -0.2) is 0 Å². The molecule has 0 saturated heterocycles. The summed E-state index contributed by atoms with van der Waals surface area (Å²) in [7, 11) is 0. The van der Waals surface area contributed by atoms with Crippen molar-refractivity contribution >= 4 is 5.91 Å². The van der Waals surface area contributed by atoms with Crippen molar-refractivity contribution in [2.24, 2.45) is 0 Å². The maximum Gasteiger partial charge on any atom is 0.219 e. The van der Waals surface area contributed by atoms with Crippen molar-refractivity contribution in [1.29, 1.82) is 0 Å². The van der Waals surface area contributed by atoms with Crippen LogP contribution in [0.15, 0.2) is 83.5 Å². The highest BCUT2D eigenvalue weighted by Crippen LogP contribution is 2.28. The molecule has 3 nitrogen and oxygen atoms in total. The normalized spacial score (nSPS) is 11.9. The fourth-order valence-electron chi connectivity index (χ4n) is 3.08. The summed E-state index contributed by atoms with van der Waals surface area (Å²) in [6.45, 7) is 2.95. The van der Waals surface area contributed by atoms with Crippen molar-refractivity contribution in [1.82, 2.24) is 4.90 Å². The third kappa shape index (κ3) is 4.60. The van der Waals surface area contributed by atoms with Crippen LogP contribution in [0, 0.1) is 0 Å². The van der Waals surface area contributed by atoms with Gasteiger partial charge >= 0.3 is 0 Å². The van der Waals surface area contributed by atoms with E-state index in [1.54, 1.807) is 13.2 Å². The highest BCUT2D eigenvalue weighted by atomic mass is 16.3. The molecule has 0 N–H and O–H groups in total. The van der Waals surface area contributed by atoms with Crippen molar-refractivity contribution in [3.8, 4) is 0 Å². The molecule has 1 heterocycles. The second-order valence-electron chi connectivity index (χ2n) is 6.19. The van der Waals surface area contributed by atoms with Crippen molar-refractivity contribution in [2.75, 3.05) is 6.54 Å². The lowest BCUT2D eigenvalue weighted by molar-refractivity contribution is -0.129. The van der Waals surface area contributed by atoms with Gasteiger partial charge in [-0.15, -0.1) is 0 Å². The van der Waals surface area contributed by atoms with Gasteiger partial charge in [0.25, 0.3) is 0 Å². The number of nitrogens with zero attached hydrogens (tertiary/aromatic N) is 1. The van der Waals surface area contributed by atoms with Gasteiger partial charge in [0.2, 0.25) is 5.91 Å². The Morgan fingerprint density at radius 2 is 1.64 bits per heavy atom. The Balaban J connectivity index is 1.73. The van der Waals surface area contributed by atoms with E-state index in [-0.39, 0.29) is 11.8 Å². The molecule has 0 radical (unpaired) electrons. The molecule has 0 spiro atoms. The van der Waals surface area contributed by atoms with E-state index in [1.807, 2.05) is 53.4 Å². The van der Waals surface area contributed by atoms with Gasteiger partial charge in [-0.2, -0.15) is 0 Å². The standard InChI is InChI=1S/C22H23NO2/c1-18(24)23(17-19-9-4-2-5-10-19)15-14-21(22-13-8-16-25-22)20-11-6-3-7-12-20/h2-13,16,21H,14-15,17H2,1H3.